The number of benzene rings is 1. The Morgan fingerprint density at radius 1 is 1.07 bits per heavy atom. The first-order valence-corrected chi connectivity index (χ1v) is 17.8. The van der Waals surface area contributed by atoms with E-state index in [1.54, 1.807) is 0 Å². The Hall–Kier alpha value is -1.79. The lowest BCUT2D eigenvalue weighted by Gasteiger charge is -2.53. The third kappa shape index (κ3) is 7.69. The van der Waals surface area contributed by atoms with Gasteiger partial charge in [-0.05, 0) is 124 Å². The zero-order chi connectivity index (χ0) is 32.6. The number of likely N-dealkylation sites (tertiary alicyclic amines) is 1. The Labute approximate surface area is 264 Å². The van der Waals surface area contributed by atoms with Crippen molar-refractivity contribution in [3.8, 4) is 5.75 Å². The van der Waals surface area contributed by atoms with Gasteiger partial charge in [-0.3, -0.25) is 4.21 Å². The molecule has 1 N–H and O–H groups in total. The van der Waals surface area contributed by atoms with E-state index in [0.717, 1.165) is 70.0 Å². The van der Waals surface area contributed by atoms with Crippen LogP contribution >= 0.6 is 0 Å². The van der Waals surface area contributed by atoms with Gasteiger partial charge in [-0.25, -0.2) is 4.79 Å². The highest BCUT2D eigenvalue weighted by molar-refractivity contribution is 7.84. The fourth-order valence-corrected chi connectivity index (χ4v) is 9.81. The van der Waals surface area contributed by atoms with Crippen molar-refractivity contribution < 1.29 is 45.5 Å². The second-order valence-corrected chi connectivity index (χ2v) is 15.7. The molecular weight excluding hydrogens is 617 g/mol. The second-order valence-electron chi connectivity index (χ2n) is 14.0. The van der Waals surface area contributed by atoms with E-state index in [2.05, 4.69) is 17.9 Å². The maximum Gasteiger partial charge on any atom is 0.514 e. The number of aliphatic hydroxyl groups excluding tert-OH is 1. The normalized spacial score (nSPS) is 31.5. The van der Waals surface area contributed by atoms with E-state index in [1.807, 2.05) is 19.2 Å². The summed E-state index contributed by atoms with van der Waals surface area (Å²) in [4.78, 5) is 14.8. The molecule has 0 bridgehead atoms. The first-order chi connectivity index (χ1) is 21.2. The molecule has 3 fully saturated rings. The molecular formula is C33H46F5NO5S. The van der Waals surface area contributed by atoms with Gasteiger partial charge in [0.05, 0.1) is 6.10 Å². The lowest BCUT2D eigenvalue weighted by Crippen LogP contribution is -2.47. The number of halogens is 5. The number of carbonyl (C=O) groups is 1. The van der Waals surface area contributed by atoms with Crippen LogP contribution in [0.2, 0.25) is 0 Å². The maximum absolute atomic E-state index is 13.3. The van der Waals surface area contributed by atoms with Crippen molar-refractivity contribution in [1.82, 2.24) is 4.90 Å². The van der Waals surface area contributed by atoms with Crippen molar-refractivity contribution in [2.24, 2.45) is 23.2 Å². The number of piperidine rings is 1. The standard InChI is InChI=1S/C33H46F5NO5S/c1-31-14-10-26-25-7-6-24(44-30(41)43-23-11-15-39(2)16-12-23)20-22(25)19-21(29(26)27(31)8-9-28(31)40)5-3-17-45(42)18-4-13-32(34,35)33(36,37)38/h6-7,20-21,23,26-29,40H,3-5,8-19H2,1-2H3/t21-,26-,27+,28+,29-,31+,45?/m1/s1. The average Bonchev–Trinajstić information content (AvgIpc) is 3.27. The number of rotatable bonds is 10. The van der Waals surface area contributed by atoms with E-state index >= 15 is 0 Å². The first kappa shape index (κ1) is 34.5. The Balaban J connectivity index is 1.24. The zero-order valence-corrected chi connectivity index (χ0v) is 26.9. The highest BCUT2D eigenvalue weighted by Gasteiger charge is 2.57. The molecule has 7 atom stereocenters. The van der Waals surface area contributed by atoms with Crippen molar-refractivity contribution in [3.63, 3.8) is 0 Å². The van der Waals surface area contributed by atoms with Gasteiger partial charge in [0.15, 0.2) is 0 Å². The van der Waals surface area contributed by atoms with Crippen molar-refractivity contribution in [2.45, 2.75) is 108 Å². The fourth-order valence-electron chi connectivity index (χ4n) is 8.65. The zero-order valence-electron chi connectivity index (χ0n) is 26.1. The van der Waals surface area contributed by atoms with Crippen molar-refractivity contribution in [2.75, 3.05) is 31.6 Å². The van der Waals surface area contributed by atoms with Gasteiger partial charge in [0.25, 0.3) is 0 Å². The van der Waals surface area contributed by atoms with Gasteiger partial charge in [0.1, 0.15) is 11.9 Å². The number of fused-ring (bicyclic) bond motifs is 5. The van der Waals surface area contributed by atoms with E-state index in [1.165, 1.54) is 5.56 Å². The minimum Gasteiger partial charge on any atom is -0.431 e. The van der Waals surface area contributed by atoms with Crippen LogP contribution in [0.25, 0.3) is 0 Å². The van der Waals surface area contributed by atoms with Gasteiger partial charge in [0, 0.05) is 41.8 Å². The Morgan fingerprint density at radius 2 is 1.78 bits per heavy atom. The first-order valence-electron chi connectivity index (χ1n) is 16.4. The largest absolute Gasteiger partial charge is 0.514 e. The Morgan fingerprint density at radius 3 is 2.49 bits per heavy atom. The van der Waals surface area contributed by atoms with E-state index in [9.17, 15) is 36.1 Å². The predicted octanol–water partition coefficient (Wildman–Crippen LogP) is 7.25. The van der Waals surface area contributed by atoms with E-state index in [4.69, 9.17) is 9.47 Å². The van der Waals surface area contributed by atoms with Crippen LogP contribution in [0.3, 0.4) is 0 Å². The molecule has 1 unspecified atom stereocenters. The summed E-state index contributed by atoms with van der Waals surface area (Å²) in [7, 11) is 0.544. The van der Waals surface area contributed by atoms with Crippen LogP contribution in [-0.4, -0.2) is 76.3 Å². The summed E-state index contributed by atoms with van der Waals surface area (Å²) in [5.41, 5.74) is 2.18. The SMILES string of the molecule is CN1CCC(OC(=O)Oc2ccc3c(c2)C[C@@H](CCCS(=O)CCCC(F)(F)C(F)(F)F)[C@@H]2[C@@H]3CC[C@]3(C)[C@@H](O)CC[C@@H]23)CC1. The number of hydrogen-bond donors (Lipinski definition) is 1. The molecule has 4 aliphatic rings. The van der Waals surface area contributed by atoms with Gasteiger partial charge < -0.3 is 19.5 Å². The molecule has 1 aliphatic heterocycles. The number of ether oxygens (including phenoxy) is 2. The second kappa shape index (κ2) is 13.7. The minimum atomic E-state index is -5.59. The Bertz CT molecular complexity index is 1220. The van der Waals surface area contributed by atoms with Crippen LogP contribution in [0.4, 0.5) is 26.7 Å². The maximum atomic E-state index is 13.3. The van der Waals surface area contributed by atoms with Gasteiger partial charge in [0.2, 0.25) is 0 Å². The topological polar surface area (TPSA) is 76.1 Å². The van der Waals surface area contributed by atoms with Gasteiger partial charge in [-0.15, -0.1) is 0 Å². The summed E-state index contributed by atoms with van der Waals surface area (Å²) in [5, 5.41) is 10.9. The van der Waals surface area contributed by atoms with Crippen molar-refractivity contribution in [1.29, 1.82) is 0 Å². The van der Waals surface area contributed by atoms with E-state index in [0.29, 0.717) is 24.0 Å². The van der Waals surface area contributed by atoms with E-state index < -0.39 is 41.9 Å². The van der Waals surface area contributed by atoms with Crippen LogP contribution in [-0.2, 0) is 22.0 Å². The van der Waals surface area contributed by atoms with Gasteiger partial charge >= 0.3 is 18.3 Å². The van der Waals surface area contributed by atoms with Gasteiger partial charge in [-0.2, -0.15) is 22.0 Å². The summed E-state index contributed by atoms with van der Waals surface area (Å²) < 4.78 is 87.7. The van der Waals surface area contributed by atoms with Crippen molar-refractivity contribution >= 4 is 17.0 Å². The lowest BCUT2D eigenvalue weighted by atomic mass is 9.52. The van der Waals surface area contributed by atoms with Crippen LogP contribution in [0, 0.1) is 23.2 Å². The third-order valence-corrected chi connectivity index (χ3v) is 12.7. The summed E-state index contributed by atoms with van der Waals surface area (Å²) in [6.07, 6.45) is -1.53. The molecule has 0 spiro atoms. The molecule has 0 aromatic heterocycles. The molecule has 3 aliphatic carbocycles. The average molecular weight is 664 g/mol. The molecule has 12 heteroatoms. The summed E-state index contributed by atoms with van der Waals surface area (Å²) in [5.74, 6) is -3.15. The fraction of sp³-hybridized carbons (Fsp3) is 0.788. The summed E-state index contributed by atoms with van der Waals surface area (Å²) in [6.45, 7) is 3.91. The minimum absolute atomic E-state index is 0.163. The molecule has 0 amide bonds. The number of nitrogens with zero attached hydrogens (tertiary/aromatic N) is 1. The summed E-state index contributed by atoms with van der Waals surface area (Å²) in [6, 6.07) is 5.81. The number of carbonyl (C=O) groups excluding carboxylic acids is 1. The summed E-state index contributed by atoms with van der Waals surface area (Å²) >= 11 is 0. The molecule has 2 saturated carbocycles. The molecule has 5 rings (SSSR count). The van der Waals surface area contributed by atoms with E-state index in [-0.39, 0.29) is 41.0 Å². The molecule has 6 nitrogen and oxygen atoms in total. The third-order valence-electron chi connectivity index (χ3n) is 11.2. The lowest BCUT2D eigenvalue weighted by molar-refractivity contribution is -0.284. The number of alkyl halides is 5. The molecule has 45 heavy (non-hydrogen) atoms. The molecule has 1 aromatic rings. The molecule has 0 radical (unpaired) electrons. The van der Waals surface area contributed by atoms with Crippen LogP contribution in [0.5, 0.6) is 5.75 Å². The molecule has 1 saturated heterocycles. The predicted molar refractivity (Wildman–Crippen MR) is 161 cm³/mol. The van der Waals surface area contributed by atoms with Crippen LogP contribution < -0.4 is 4.74 Å². The quantitative estimate of drug-likeness (QED) is 0.162. The molecule has 1 heterocycles. The van der Waals surface area contributed by atoms with Crippen LogP contribution in [0.1, 0.15) is 88.2 Å². The molecule has 1 aromatic carbocycles. The molecule has 254 valence electrons. The monoisotopic (exact) mass is 663 g/mol. The highest BCUT2D eigenvalue weighted by Crippen LogP contribution is 2.62. The van der Waals surface area contributed by atoms with Crippen molar-refractivity contribution in [3.05, 3.63) is 29.3 Å². The number of aliphatic hydroxyl groups is 1. The van der Waals surface area contributed by atoms with Crippen LogP contribution in [0.15, 0.2) is 18.2 Å². The Kier molecular flexibility index (Phi) is 10.6. The number of hydrogen-bond acceptors (Lipinski definition) is 6. The smallest absolute Gasteiger partial charge is 0.431 e. The van der Waals surface area contributed by atoms with Gasteiger partial charge in [-0.1, -0.05) is 13.0 Å². The highest BCUT2D eigenvalue weighted by atomic mass is 32.2.